The van der Waals surface area contributed by atoms with Gasteiger partial charge < -0.3 is 10.1 Å². The zero-order valence-corrected chi connectivity index (χ0v) is 16.0. The molecule has 0 atom stereocenters. The average molecular weight is 408 g/mol. The van der Waals surface area contributed by atoms with E-state index in [0.717, 1.165) is 10.4 Å². The molecule has 3 rings (SSSR count). The smallest absolute Gasteiger partial charge is 0.357 e. The van der Waals surface area contributed by atoms with Gasteiger partial charge in [0, 0.05) is 17.0 Å². The van der Waals surface area contributed by atoms with Crippen molar-refractivity contribution in [3.63, 3.8) is 0 Å². The molecule has 1 N–H and O–H groups in total. The number of nitrogens with one attached hydrogen (secondary N) is 1. The van der Waals surface area contributed by atoms with Crippen LogP contribution in [0.1, 0.15) is 11.3 Å². The summed E-state index contributed by atoms with van der Waals surface area (Å²) in [5, 5.41) is 24.5. The van der Waals surface area contributed by atoms with Crippen molar-refractivity contribution in [2.45, 2.75) is 6.42 Å². The van der Waals surface area contributed by atoms with Crippen LogP contribution in [-0.2, 0) is 14.3 Å². The van der Waals surface area contributed by atoms with Gasteiger partial charge in [-0.2, -0.15) is 9.94 Å². The molecule has 1 amide bonds. The Bertz CT molecular complexity index is 1040. The Balaban J connectivity index is 1.84. The fourth-order valence-corrected chi connectivity index (χ4v) is 3.00. The highest BCUT2D eigenvalue weighted by molar-refractivity contribution is 7.10. The van der Waals surface area contributed by atoms with Crippen LogP contribution < -0.4 is 5.32 Å². The minimum Gasteiger partial charge on any atom is -0.451 e. The van der Waals surface area contributed by atoms with E-state index >= 15 is 0 Å². The summed E-state index contributed by atoms with van der Waals surface area (Å²) in [6.45, 7) is -0.287. The Morgan fingerprint density at radius 1 is 1.24 bits per heavy atom. The highest BCUT2D eigenvalue weighted by Gasteiger charge is 2.21. The van der Waals surface area contributed by atoms with Crippen molar-refractivity contribution in [2.75, 3.05) is 13.2 Å². The van der Waals surface area contributed by atoms with Gasteiger partial charge >= 0.3 is 5.97 Å². The third kappa shape index (κ3) is 5.33. The van der Waals surface area contributed by atoms with Gasteiger partial charge in [-0.3, -0.25) is 4.79 Å². The molecule has 0 spiro atoms. The second-order valence-corrected chi connectivity index (χ2v) is 6.64. The van der Waals surface area contributed by atoms with Crippen molar-refractivity contribution < 1.29 is 14.3 Å². The van der Waals surface area contributed by atoms with E-state index in [1.807, 2.05) is 53.9 Å². The fraction of sp³-hybridized carbons (Fsp3) is 0.158. The van der Waals surface area contributed by atoms with Gasteiger partial charge in [-0.05, 0) is 27.9 Å². The first-order valence-corrected chi connectivity index (χ1v) is 9.47. The third-order valence-electron chi connectivity index (χ3n) is 3.65. The number of aromatic nitrogens is 4. The Morgan fingerprint density at radius 3 is 2.79 bits per heavy atom. The molecule has 0 saturated carbocycles. The molecule has 2 heterocycles. The lowest BCUT2D eigenvalue weighted by Gasteiger charge is -2.10. The lowest BCUT2D eigenvalue weighted by atomic mass is 10.2. The minimum absolute atomic E-state index is 0.0705. The van der Waals surface area contributed by atoms with Gasteiger partial charge in [0.1, 0.15) is 0 Å². The number of ether oxygens (including phenoxy) is 1. The predicted molar refractivity (Wildman–Crippen MR) is 106 cm³/mol. The van der Waals surface area contributed by atoms with E-state index in [0.29, 0.717) is 5.82 Å². The number of benzene rings is 1. The number of carbonyl (C=O) groups excluding carboxylic acids is 2. The van der Waals surface area contributed by atoms with Crippen LogP contribution in [0.3, 0.4) is 0 Å². The summed E-state index contributed by atoms with van der Waals surface area (Å²) in [6, 6.07) is 14.8. The minimum atomic E-state index is -0.752. The van der Waals surface area contributed by atoms with Crippen LogP contribution in [0.4, 0.5) is 0 Å². The highest BCUT2D eigenvalue weighted by atomic mass is 32.1. The maximum atomic E-state index is 12.8. The molecule has 0 radical (unpaired) electrons. The number of hydrogen-bond acceptors (Lipinski definition) is 8. The van der Waals surface area contributed by atoms with Crippen LogP contribution >= 0.6 is 11.3 Å². The molecule has 3 aromatic rings. The molecular weight excluding hydrogens is 392 g/mol. The van der Waals surface area contributed by atoms with Gasteiger partial charge in [-0.1, -0.05) is 36.4 Å². The molecule has 1 aromatic carbocycles. The van der Waals surface area contributed by atoms with Crippen LogP contribution in [0.15, 0.2) is 47.8 Å². The van der Waals surface area contributed by atoms with E-state index in [1.54, 1.807) is 6.08 Å². The number of amides is 1. The molecule has 146 valence electrons. The molecule has 2 aromatic heterocycles. The van der Waals surface area contributed by atoms with Crippen molar-refractivity contribution in [1.29, 1.82) is 5.26 Å². The van der Waals surface area contributed by atoms with Crippen molar-refractivity contribution in [2.24, 2.45) is 0 Å². The van der Waals surface area contributed by atoms with Gasteiger partial charge in [-0.25, -0.2) is 4.79 Å². The quantitative estimate of drug-likeness (QED) is 0.343. The molecule has 29 heavy (non-hydrogen) atoms. The zero-order chi connectivity index (χ0) is 20.5. The standard InChI is InChI=1S/C19H16N6O3S/c20-9-5-10-21-17(26)13-28-19(27)16(12-15-8-4-11-29-15)25-18(22-23-24-25)14-6-2-1-3-7-14/h1-4,6-8,11-12H,5,10,13H2,(H,21,26)/b16-12-. The molecule has 0 aliphatic rings. The third-order valence-corrected chi connectivity index (χ3v) is 4.47. The summed E-state index contributed by atoms with van der Waals surface area (Å²) in [4.78, 5) is 25.3. The van der Waals surface area contributed by atoms with E-state index in [2.05, 4.69) is 20.8 Å². The van der Waals surface area contributed by atoms with Gasteiger partial charge in [0.05, 0.1) is 12.5 Å². The first kappa shape index (κ1) is 19.9. The highest BCUT2D eigenvalue weighted by Crippen LogP contribution is 2.22. The predicted octanol–water partition coefficient (Wildman–Crippen LogP) is 1.97. The second-order valence-electron chi connectivity index (χ2n) is 5.66. The van der Waals surface area contributed by atoms with Crippen molar-refractivity contribution in [3.05, 3.63) is 52.7 Å². The lowest BCUT2D eigenvalue weighted by Crippen LogP contribution is -2.30. The Morgan fingerprint density at radius 2 is 2.07 bits per heavy atom. The number of nitrogens with zero attached hydrogens (tertiary/aromatic N) is 5. The maximum absolute atomic E-state index is 12.8. The lowest BCUT2D eigenvalue weighted by molar-refractivity contribution is -0.143. The fourth-order valence-electron chi connectivity index (χ4n) is 2.35. The van der Waals surface area contributed by atoms with Gasteiger partial charge in [-0.15, -0.1) is 16.4 Å². The monoisotopic (exact) mass is 408 g/mol. The first-order valence-electron chi connectivity index (χ1n) is 8.59. The van der Waals surface area contributed by atoms with Crippen LogP contribution in [-0.4, -0.2) is 45.2 Å². The van der Waals surface area contributed by atoms with Gasteiger partial charge in [0.2, 0.25) is 0 Å². The molecule has 10 heteroatoms. The van der Waals surface area contributed by atoms with Gasteiger partial charge in [0.15, 0.2) is 18.1 Å². The molecule has 0 aliphatic heterocycles. The Kier molecular flexibility index (Phi) is 6.80. The summed E-state index contributed by atoms with van der Waals surface area (Å²) >= 11 is 1.43. The molecule has 0 unspecified atom stereocenters. The summed E-state index contributed by atoms with van der Waals surface area (Å²) in [7, 11) is 0. The molecule has 0 saturated heterocycles. The second kappa shape index (κ2) is 9.91. The number of carbonyl (C=O) groups is 2. The zero-order valence-electron chi connectivity index (χ0n) is 15.2. The number of hydrogen-bond donors (Lipinski definition) is 1. The van der Waals surface area contributed by atoms with E-state index < -0.39 is 18.5 Å². The topological polar surface area (TPSA) is 123 Å². The SMILES string of the molecule is N#CCCNC(=O)COC(=O)/C(=C/c1cccs1)n1nnnc1-c1ccccc1. The average Bonchev–Trinajstić information content (AvgIpc) is 3.43. The van der Waals surface area contributed by atoms with Crippen LogP contribution in [0, 0.1) is 11.3 Å². The van der Waals surface area contributed by atoms with Crippen molar-refractivity contribution in [3.8, 4) is 17.5 Å². The van der Waals surface area contributed by atoms with Crippen molar-refractivity contribution in [1.82, 2.24) is 25.5 Å². The summed E-state index contributed by atoms with van der Waals surface area (Å²) in [5.74, 6) is -0.883. The summed E-state index contributed by atoms with van der Waals surface area (Å²) in [5.41, 5.74) is 0.790. The number of tetrazole rings is 1. The van der Waals surface area contributed by atoms with Gasteiger partial charge in [0.25, 0.3) is 5.91 Å². The number of esters is 1. The Hall–Kier alpha value is -3.84. The van der Waals surface area contributed by atoms with Crippen LogP contribution in [0.25, 0.3) is 23.2 Å². The van der Waals surface area contributed by atoms with Crippen LogP contribution in [0.5, 0.6) is 0 Å². The van der Waals surface area contributed by atoms with E-state index in [1.165, 1.54) is 16.0 Å². The Labute approximate surface area is 170 Å². The first-order chi connectivity index (χ1) is 14.2. The molecule has 0 fully saturated rings. The number of thiophene rings is 1. The normalized spacial score (nSPS) is 10.9. The largest absolute Gasteiger partial charge is 0.451 e. The maximum Gasteiger partial charge on any atom is 0.357 e. The molecular formula is C19H16N6O3S. The van der Waals surface area contributed by atoms with E-state index in [9.17, 15) is 9.59 Å². The number of rotatable bonds is 8. The van der Waals surface area contributed by atoms with Crippen LogP contribution in [0.2, 0.25) is 0 Å². The number of nitriles is 1. The summed E-state index contributed by atoms with van der Waals surface area (Å²) in [6.07, 6.45) is 1.78. The summed E-state index contributed by atoms with van der Waals surface area (Å²) < 4.78 is 6.43. The molecule has 0 aliphatic carbocycles. The van der Waals surface area contributed by atoms with Crippen molar-refractivity contribution >= 4 is 35.0 Å². The molecule has 9 nitrogen and oxygen atoms in total. The molecule has 0 bridgehead atoms. The van der Waals surface area contributed by atoms with E-state index in [-0.39, 0.29) is 18.7 Å². The van der Waals surface area contributed by atoms with E-state index in [4.69, 9.17) is 10.00 Å².